The molecule has 0 aliphatic carbocycles. The van der Waals surface area contributed by atoms with Crippen molar-refractivity contribution in [1.82, 2.24) is 0 Å². The second-order valence-electron chi connectivity index (χ2n) is 2.96. The van der Waals surface area contributed by atoms with Crippen molar-refractivity contribution >= 4 is 22.0 Å². The number of rotatable bonds is 4. The summed E-state index contributed by atoms with van der Waals surface area (Å²) in [5.74, 6) is 0.412. The van der Waals surface area contributed by atoms with E-state index in [-0.39, 0.29) is 0 Å². The first-order valence-corrected chi connectivity index (χ1v) is 5.41. The largest absolute Gasteiger partial charge is 0.493 e. The average Bonchev–Trinajstić information content (AvgIpc) is 2.30. The fourth-order valence-corrected chi connectivity index (χ4v) is 1.73. The van der Waals surface area contributed by atoms with Crippen LogP contribution in [0.15, 0.2) is 16.6 Å². The van der Waals surface area contributed by atoms with Crippen molar-refractivity contribution in [2.45, 2.75) is 0 Å². The normalized spacial score (nSPS) is 10.8. The highest BCUT2D eigenvalue weighted by atomic mass is 79.9. The van der Waals surface area contributed by atoms with E-state index >= 15 is 0 Å². The molecule has 1 aromatic rings. The van der Waals surface area contributed by atoms with Crippen molar-refractivity contribution in [2.75, 3.05) is 20.8 Å². The van der Waals surface area contributed by atoms with Crippen molar-refractivity contribution in [3.63, 3.8) is 0 Å². The van der Waals surface area contributed by atoms with E-state index < -0.39 is 5.82 Å². The van der Waals surface area contributed by atoms with Crippen LogP contribution in [0.1, 0.15) is 5.56 Å². The van der Waals surface area contributed by atoms with E-state index in [0.717, 1.165) is 0 Å². The topological polar surface area (TPSA) is 44.5 Å². The summed E-state index contributed by atoms with van der Waals surface area (Å²) in [5, 5.41) is 0. The zero-order valence-electron chi connectivity index (χ0n) is 9.09. The van der Waals surface area contributed by atoms with Crippen molar-refractivity contribution in [3.05, 3.63) is 28.0 Å². The molecule has 0 atom stereocenters. The van der Waals surface area contributed by atoms with Crippen molar-refractivity contribution < 1.29 is 13.9 Å². The van der Waals surface area contributed by atoms with Gasteiger partial charge in [-0.3, -0.25) is 0 Å². The molecule has 0 bridgehead atoms. The first-order valence-electron chi connectivity index (χ1n) is 4.62. The Morgan fingerprint density at radius 1 is 1.44 bits per heavy atom. The average molecular weight is 290 g/mol. The first kappa shape index (κ1) is 13.0. The minimum atomic E-state index is -0.408. The second kappa shape index (κ2) is 5.86. The van der Waals surface area contributed by atoms with Gasteiger partial charge in [-0.05, 0) is 15.9 Å². The zero-order valence-corrected chi connectivity index (χ0v) is 10.7. The van der Waals surface area contributed by atoms with Crippen LogP contribution in [-0.4, -0.2) is 20.8 Å². The lowest BCUT2D eigenvalue weighted by atomic mass is 10.1. The van der Waals surface area contributed by atoms with Crippen molar-refractivity contribution in [3.8, 4) is 11.5 Å². The molecule has 2 N–H and O–H groups in total. The van der Waals surface area contributed by atoms with E-state index in [1.807, 2.05) is 0 Å². The Labute approximate surface area is 102 Å². The van der Waals surface area contributed by atoms with Gasteiger partial charge < -0.3 is 15.2 Å². The predicted molar refractivity (Wildman–Crippen MR) is 65.3 cm³/mol. The summed E-state index contributed by atoms with van der Waals surface area (Å²) in [4.78, 5) is 0. The van der Waals surface area contributed by atoms with Gasteiger partial charge in [0.25, 0.3) is 0 Å². The Kier molecular flexibility index (Phi) is 4.76. The molecular weight excluding hydrogens is 277 g/mol. The van der Waals surface area contributed by atoms with Crippen LogP contribution < -0.4 is 15.2 Å². The second-order valence-corrected chi connectivity index (χ2v) is 3.75. The van der Waals surface area contributed by atoms with Gasteiger partial charge in [-0.15, -0.1) is 0 Å². The number of hydrogen-bond donors (Lipinski definition) is 1. The minimum absolute atomic E-state index is 0.329. The fraction of sp³-hybridized carbons (Fsp3) is 0.273. The van der Waals surface area contributed by atoms with Crippen molar-refractivity contribution in [1.29, 1.82) is 0 Å². The van der Waals surface area contributed by atoms with Crippen LogP contribution in [0.5, 0.6) is 11.5 Å². The lowest BCUT2D eigenvalue weighted by molar-refractivity contribution is 0.351. The molecule has 0 heterocycles. The van der Waals surface area contributed by atoms with Gasteiger partial charge in [0.1, 0.15) is 5.82 Å². The Morgan fingerprint density at radius 3 is 2.62 bits per heavy atom. The van der Waals surface area contributed by atoms with E-state index in [4.69, 9.17) is 15.2 Å². The number of hydrogen-bond acceptors (Lipinski definition) is 3. The van der Waals surface area contributed by atoms with Crippen LogP contribution in [0.4, 0.5) is 4.39 Å². The summed E-state index contributed by atoms with van der Waals surface area (Å²) in [6, 6.07) is 1.27. The highest BCUT2D eigenvalue weighted by Gasteiger charge is 2.16. The van der Waals surface area contributed by atoms with Crippen LogP contribution in [0.3, 0.4) is 0 Å². The lowest BCUT2D eigenvalue weighted by Gasteiger charge is -2.12. The van der Waals surface area contributed by atoms with Gasteiger partial charge in [-0.25, -0.2) is 4.39 Å². The highest BCUT2D eigenvalue weighted by molar-refractivity contribution is 9.10. The van der Waals surface area contributed by atoms with Gasteiger partial charge in [-0.2, -0.15) is 0 Å². The third-order valence-corrected chi connectivity index (χ3v) is 2.82. The highest BCUT2D eigenvalue weighted by Crippen LogP contribution is 2.38. The summed E-state index contributed by atoms with van der Waals surface area (Å²) in [6.07, 6.45) is 3.40. The quantitative estimate of drug-likeness (QED) is 0.927. The van der Waals surface area contributed by atoms with E-state index in [2.05, 4.69) is 15.9 Å². The number of nitrogens with two attached hydrogens (primary N) is 1. The van der Waals surface area contributed by atoms with Crippen LogP contribution >= 0.6 is 15.9 Å². The molecule has 88 valence electrons. The first-order chi connectivity index (χ1) is 7.65. The summed E-state index contributed by atoms with van der Waals surface area (Å²) < 4.78 is 24.1. The van der Waals surface area contributed by atoms with E-state index in [1.54, 1.807) is 12.2 Å². The molecule has 0 fully saturated rings. The molecule has 1 rings (SSSR count). The van der Waals surface area contributed by atoms with Crippen LogP contribution in [0.25, 0.3) is 6.08 Å². The SMILES string of the molecule is COc1cc(F)c(Br)c(/C=C/CN)c1OC. The molecule has 0 unspecified atom stereocenters. The molecule has 3 nitrogen and oxygen atoms in total. The van der Waals surface area contributed by atoms with E-state index in [1.165, 1.54) is 20.3 Å². The van der Waals surface area contributed by atoms with Gasteiger partial charge >= 0.3 is 0 Å². The Balaban J connectivity index is 3.40. The Bertz CT molecular complexity index is 407. The molecule has 0 radical (unpaired) electrons. The van der Waals surface area contributed by atoms with Crippen molar-refractivity contribution in [2.24, 2.45) is 5.73 Å². The number of ether oxygens (including phenoxy) is 2. The Hall–Kier alpha value is -1.07. The smallest absolute Gasteiger partial charge is 0.169 e. The molecule has 16 heavy (non-hydrogen) atoms. The summed E-state index contributed by atoms with van der Waals surface area (Å²) in [5.41, 5.74) is 5.93. The molecule has 0 spiro atoms. The number of benzene rings is 1. The van der Waals surface area contributed by atoms with Crippen LogP contribution in [-0.2, 0) is 0 Å². The molecule has 0 saturated carbocycles. The van der Waals surface area contributed by atoms with Gasteiger partial charge in [0.05, 0.1) is 18.7 Å². The molecular formula is C11H13BrFNO2. The van der Waals surface area contributed by atoms with Gasteiger partial charge in [-0.1, -0.05) is 12.2 Å². The maximum absolute atomic E-state index is 13.5. The van der Waals surface area contributed by atoms with E-state index in [9.17, 15) is 4.39 Å². The molecule has 0 saturated heterocycles. The predicted octanol–water partition coefficient (Wildman–Crippen LogP) is 2.58. The lowest BCUT2D eigenvalue weighted by Crippen LogP contribution is -1.97. The summed E-state index contributed by atoms with van der Waals surface area (Å²) in [7, 11) is 2.96. The maximum atomic E-state index is 13.5. The van der Waals surface area contributed by atoms with Gasteiger partial charge in [0, 0.05) is 18.2 Å². The molecule has 5 heteroatoms. The number of halogens is 2. The summed E-state index contributed by atoms with van der Waals surface area (Å²) >= 11 is 3.16. The molecule has 1 aromatic carbocycles. The number of methoxy groups -OCH3 is 2. The third-order valence-electron chi connectivity index (χ3n) is 2.02. The fourth-order valence-electron chi connectivity index (χ4n) is 1.30. The zero-order chi connectivity index (χ0) is 12.1. The Morgan fingerprint density at radius 2 is 2.12 bits per heavy atom. The standard InChI is InChI=1S/C11H13BrFNO2/c1-15-9-6-8(13)10(12)7(4-3-5-14)11(9)16-2/h3-4,6H,5,14H2,1-2H3/b4-3+. The monoisotopic (exact) mass is 289 g/mol. The summed E-state index contributed by atoms with van der Waals surface area (Å²) in [6.45, 7) is 0.369. The third kappa shape index (κ3) is 2.54. The van der Waals surface area contributed by atoms with Gasteiger partial charge in [0.2, 0.25) is 0 Å². The van der Waals surface area contributed by atoms with Crippen LogP contribution in [0.2, 0.25) is 0 Å². The molecule has 0 aliphatic rings. The molecule has 0 aliphatic heterocycles. The van der Waals surface area contributed by atoms with E-state index in [0.29, 0.717) is 28.1 Å². The maximum Gasteiger partial charge on any atom is 0.169 e. The van der Waals surface area contributed by atoms with Crippen LogP contribution in [0, 0.1) is 5.82 Å². The molecule has 0 amide bonds. The van der Waals surface area contributed by atoms with Gasteiger partial charge in [0.15, 0.2) is 11.5 Å². The molecule has 0 aromatic heterocycles. The minimum Gasteiger partial charge on any atom is -0.493 e.